The molecule has 1 heterocycles. The first kappa shape index (κ1) is 18.2. The summed E-state index contributed by atoms with van der Waals surface area (Å²) in [6.45, 7) is 3.29. The average molecular weight is 469 g/mol. The Balaban J connectivity index is 1.58. The van der Waals surface area contributed by atoms with E-state index in [-0.39, 0.29) is 5.60 Å². The van der Waals surface area contributed by atoms with Crippen LogP contribution in [0.4, 0.5) is 0 Å². The minimum atomic E-state index is -0.210. The molecule has 1 aliphatic carbocycles. The van der Waals surface area contributed by atoms with Gasteiger partial charge in [-0.05, 0) is 49.8 Å². The Labute approximate surface area is 162 Å². The van der Waals surface area contributed by atoms with Gasteiger partial charge in [-0.1, -0.05) is 64.7 Å². The summed E-state index contributed by atoms with van der Waals surface area (Å²) >= 11 is 14.7. The number of rotatable bonds is 4. The number of hydrogen-bond donors (Lipinski definition) is 0. The van der Waals surface area contributed by atoms with E-state index in [1.807, 2.05) is 12.1 Å². The molecule has 0 amide bonds. The van der Waals surface area contributed by atoms with Gasteiger partial charge in [0.05, 0.1) is 19.3 Å². The number of benzene rings is 1. The smallest absolute Gasteiger partial charge is 0.101 e. The van der Waals surface area contributed by atoms with E-state index in [4.69, 9.17) is 32.7 Å². The van der Waals surface area contributed by atoms with Crippen molar-refractivity contribution in [2.75, 3.05) is 6.61 Å². The normalized spacial score (nSPS) is 34.2. The Kier molecular flexibility index (Phi) is 6.17. The molecule has 1 aromatic carbocycles. The Morgan fingerprint density at radius 2 is 2.09 bits per heavy atom. The van der Waals surface area contributed by atoms with Crippen LogP contribution in [-0.4, -0.2) is 22.2 Å². The van der Waals surface area contributed by atoms with Gasteiger partial charge in [-0.15, -0.1) is 0 Å². The zero-order chi connectivity index (χ0) is 16.4. The van der Waals surface area contributed by atoms with Crippen LogP contribution in [0.2, 0.25) is 10.0 Å². The van der Waals surface area contributed by atoms with Crippen LogP contribution < -0.4 is 0 Å². The largest absolute Gasteiger partial charge is 0.374 e. The fraction of sp³-hybridized carbons (Fsp3) is 0.667. The number of alkyl halides is 1. The summed E-state index contributed by atoms with van der Waals surface area (Å²) < 4.78 is 13.0. The van der Waals surface area contributed by atoms with Crippen molar-refractivity contribution < 1.29 is 9.47 Å². The zero-order valence-corrected chi connectivity index (χ0v) is 17.0. The zero-order valence-electron chi connectivity index (χ0n) is 13.4. The summed E-state index contributed by atoms with van der Waals surface area (Å²) in [5.74, 6) is 0.740. The number of fused-ring (bicyclic) bond motifs is 1. The molecule has 1 saturated carbocycles. The summed E-state index contributed by atoms with van der Waals surface area (Å²) in [6, 6.07) is 5.53. The van der Waals surface area contributed by atoms with Crippen molar-refractivity contribution in [3.63, 3.8) is 0 Å². The summed E-state index contributed by atoms with van der Waals surface area (Å²) in [4.78, 5) is 0. The summed E-state index contributed by atoms with van der Waals surface area (Å²) in [7, 11) is 0. The number of halogens is 3. The molecule has 128 valence electrons. The lowest BCUT2D eigenvalue weighted by Crippen LogP contribution is -2.53. The van der Waals surface area contributed by atoms with Gasteiger partial charge in [0.15, 0.2) is 0 Å². The molecule has 2 nitrogen and oxygen atoms in total. The van der Waals surface area contributed by atoms with Gasteiger partial charge in [0.25, 0.3) is 0 Å². The van der Waals surface area contributed by atoms with Crippen LogP contribution in [0.3, 0.4) is 0 Å². The highest BCUT2D eigenvalue weighted by Gasteiger charge is 2.45. The van der Waals surface area contributed by atoms with Gasteiger partial charge >= 0.3 is 0 Å². The molecule has 0 radical (unpaired) electrons. The first-order valence-corrected chi connectivity index (χ1v) is 10.3. The Hall–Kier alpha value is 0.450. The van der Waals surface area contributed by atoms with Crippen LogP contribution in [0.25, 0.3) is 0 Å². The molecular formula is C18H23Cl2IO2. The monoisotopic (exact) mass is 468 g/mol. The molecule has 3 rings (SSSR count). The van der Waals surface area contributed by atoms with Crippen LogP contribution in [0, 0.1) is 5.92 Å². The lowest BCUT2D eigenvalue weighted by molar-refractivity contribution is -0.174. The SMILES string of the molecule is CC1(COCc2ccc(Cl)cc2Cl)OC2CCCCC2CC1I. The Bertz CT molecular complexity index is 554. The molecule has 2 fully saturated rings. The third kappa shape index (κ3) is 4.35. The van der Waals surface area contributed by atoms with Crippen molar-refractivity contribution in [3.05, 3.63) is 33.8 Å². The highest BCUT2D eigenvalue weighted by Crippen LogP contribution is 2.43. The van der Waals surface area contributed by atoms with Crippen LogP contribution in [0.1, 0.15) is 44.6 Å². The fourth-order valence-electron chi connectivity index (χ4n) is 3.66. The van der Waals surface area contributed by atoms with E-state index in [1.165, 1.54) is 32.1 Å². The molecule has 0 bridgehead atoms. The maximum absolute atomic E-state index is 6.49. The maximum Gasteiger partial charge on any atom is 0.101 e. The second-order valence-corrected chi connectivity index (χ2v) is 9.29. The minimum absolute atomic E-state index is 0.210. The van der Waals surface area contributed by atoms with Gasteiger partial charge < -0.3 is 9.47 Å². The average Bonchev–Trinajstić information content (AvgIpc) is 2.51. The van der Waals surface area contributed by atoms with E-state index in [2.05, 4.69) is 29.5 Å². The highest BCUT2D eigenvalue weighted by atomic mass is 127. The third-order valence-electron chi connectivity index (χ3n) is 5.09. The van der Waals surface area contributed by atoms with Crippen molar-refractivity contribution in [2.24, 2.45) is 5.92 Å². The molecule has 0 N–H and O–H groups in total. The quantitative estimate of drug-likeness (QED) is 0.395. The van der Waals surface area contributed by atoms with Gasteiger partial charge in [0, 0.05) is 14.0 Å². The first-order chi connectivity index (χ1) is 11.0. The van der Waals surface area contributed by atoms with Crippen molar-refractivity contribution in [2.45, 2.75) is 61.3 Å². The molecule has 23 heavy (non-hydrogen) atoms. The fourth-order valence-corrected chi connectivity index (χ4v) is 5.10. The van der Waals surface area contributed by atoms with E-state index in [0.29, 0.717) is 33.3 Å². The van der Waals surface area contributed by atoms with E-state index >= 15 is 0 Å². The van der Waals surface area contributed by atoms with Gasteiger partial charge in [-0.25, -0.2) is 0 Å². The Morgan fingerprint density at radius 3 is 2.87 bits per heavy atom. The standard InChI is InChI=1S/C18H23Cl2IO2/c1-18(11-22-10-13-6-7-14(19)9-15(13)20)17(21)8-12-4-2-3-5-16(12)23-18/h6-7,9,12,16-17H,2-5,8,10-11H2,1H3. The van der Waals surface area contributed by atoms with E-state index < -0.39 is 0 Å². The van der Waals surface area contributed by atoms with Gasteiger partial charge in [0.2, 0.25) is 0 Å². The minimum Gasteiger partial charge on any atom is -0.374 e. The molecule has 4 atom stereocenters. The number of hydrogen-bond acceptors (Lipinski definition) is 2. The van der Waals surface area contributed by atoms with Gasteiger partial charge in [-0.2, -0.15) is 0 Å². The molecule has 5 heteroatoms. The van der Waals surface area contributed by atoms with Gasteiger partial charge in [-0.3, -0.25) is 0 Å². The van der Waals surface area contributed by atoms with Crippen molar-refractivity contribution in [1.29, 1.82) is 0 Å². The summed E-state index contributed by atoms with van der Waals surface area (Å²) in [6.07, 6.45) is 6.84. The molecule has 1 aliphatic heterocycles. The summed E-state index contributed by atoms with van der Waals surface area (Å²) in [5, 5.41) is 1.31. The molecular weight excluding hydrogens is 446 g/mol. The number of ether oxygens (including phenoxy) is 2. The van der Waals surface area contributed by atoms with Crippen LogP contribution >= 0.6 is 45.8 Å². The maximum atomic E-state index is 6.49. The van der Waals surface area contributed by atoms with Crippen molar-refractivity contribution >= 4 is 45.8 Å². The van der Waals surface area contributed by atoms with Crippen LogP contribution in [0.5, 0.6) is 0 Å². The molecule has 4 unspecified atom stereocenters. The molecule has 0 aromatic heterocycles. The lowest BCUT2D eigenvalue weighted by Gasteiger charge is -2.48. The van der Waals surface area contributed by atoms with Crippen molar-refractivity contribution in [1.82, 2.24) is 0 Å². The van der Waals surface area contributed by atoms with Crippen molar-refractivity contribution in [3.8, 4) is 0 Å². The molecule has 1 saturated heterocycles. The summed E-state index contributed by atoms with van der Waals surface area (Å²) in [5.41, 5.74) is 0.758. The second kappa shape index (κ2) is 7.77. The predicted molar refractivity (Wildman–Crippen MR) is 104 cm³/mol. The third-order valence-corrected chi connectivity index (χ3v) is 7.51. The highest BCUT2D eigenvalue weighted by molar-refractivity contribution is 14.1. The molecule has 0 spiro atoms. The van der Waals surface area contributed by atoms with E-state index in [0.717, 1.165) is 11.5 Å². The topological polar surface area (TPSA) is 18.5 Å². The van der Waals surface area contributed by atoms with Crippen LogP contribution in [-0.2, 0) is 16.1 Å². The van der Waals surface area contributed by atoms with E-state index in [1.54, 1.807) is 6.07 Å². The van der Waals surface area contributed by atoms with Crippen LogP contribution in [0.15, 0.2) is 18.2 Å². The molecule has 1 aromatic rings. The predicted octanol–water partition coefficient (Wildman–Crippen LogP) is 6.05. The van der Waals surface area contributed by atoms with Gasteiger partial charge in [0.1, 0.15) is 5.60 Å². The Morgan fingerprint density at radius 1 is 1.30 bits per heavy atom. The first-order valence-electron chi connectivity index (χ1n) is 8.31. The molecule has 2 aliphatic rings. The lowest BCUT2D eigenvalue weighted by atomic mass is 9.78. The van der Waals surface area contributed by atoms with E-state index in [9.17, 15) is 0 Å². The second-order valence-electron chi connectivity index (χ2n) is 6.95.